The van der Waals surface area contributed by atoms with Gasteiger partial charge >= 0.3 is 43.4 Å². The second-order valence-corrected chi connectivity index (χ2v) is 0. The molecule has 0 atom stereocenters. The van der Waals surface area contributed by atoms with Crippen LogP contribution in [0.5, 0.6) is 0 Å². The average Bonchev–Trinajstić information content (AvgIpc) is 1.81. The van der Waals surface area contributed by atoms with Crippen LogP contribution in [0.4, 0.5) is 0 Å². The van der Waals surface area contributed by atoms with Gasteiger partial charge in [0.1, 0.15) is 0 Å². The van der Waals surface area contributed by atoms with Gasteiger partial charge in [-0.3, -0.25) is 0 Å². The van der Waals surface area contributed by atoms with Crippen molar-refractivity contribution in [3.63, 3.8) is 0 Å². The predicted octanol–water partition coefficient (Wildman–Crippen LogP) is -7.52. The molecule has 0 N–H and O–H groups in total. The molecule has 0 rings (SSSR count). The molecule has 0 spiro atoms. The molecule has 0 fully saturated rings. The fourth-order valence-electron chi connectivity index (χ4n) is 0. The van der Waals surface area contributed by atoms with Crippen molar-refractivity contribution in [1.29, 1.82) is 0 Å². The molecule has 0 saturated heterocycles. The quantitative estimate of drug-likeness (QED) is 0.245. The average molecular weight is 280 g/mol. The van der Waals surface area contributed by atoms with E-state index in [2.05, 4.69) is 0 Å². The Morgan fingerprint density at radius 2 is 0.500 bits per heavy atom. The van der Waals surface area contributed by atoms with Gasteiger partial charge in [0.2, 0.25) is 0 Å². The van der Waals surface area contributed by atoms with Gasteiger partial charge in [-0.2, -0.15) is 0 Å². The van der Waals surface area contributed by atoms with E-state index >= 15 is 0 Å². The Balaban J connectivity index is -0.00000000500. The molecule has 0 heterocycles. The van der Waals surface area contributed by atoms with Gasteiger partial charge in [-0.15, -0.1) is 0 Å². The summed E-state index contributed by atoms with van der Waals surface area (Å²) in [5, 5.41) is 42.0. The summed E-state index contributed by atoms with van der Waals surface area (Å²) in [5.41, 5.74) is 0. The molecular weight excluding hydrogens is 280 g/mol. The molecule has 0 aliphatic heterocycles. The summed E-state index contributed by atoms with van der Waals surface area (Å²) in [6.45, 7) is 0. The van der Waals surface area contributed by atoms with Crippen LogP contribution < -0.4 is 31.5 Å². The molecule has 0 aromatic heterocycles. The standard InChI is InChI=1S/3O2.Sn.Zn/c3*1-2;;/q3*-2;+4;+2. The zero-order valence-corrected chi connectivity index (χ0v) is 9.48. The molecule has 6 nitrogen and oxygen atoms in total. The van der Waals surface area contributed by atoms with Crippen LogP contribution in [0.1, 0.15) is 0 Å². The molecule has 0 amide bonds. The molecule has 0 bridgehead atoms. The molecule has 8 heteroatoms. The van der Waals surface area contributed by atoms with Gasteiger partial charge in [-0.1, -0.05) is 0 Å². The van der Waals surface area contributed by atoms with Crippen molar-refractivity contribution in [2.45, 2.75) is 0 Å². The Labute approximate surface area is 74.9 Å². The van der Waals surface area contributed by atoms with Crippen molar-refractivity contribution in [3.8, 4) is 0 Å². The largest absolute Gasteiger partial charge is 4.00 e. The maximum absolute atomic E-state index is 7.00. The normalized spacial score (nSPS) is 2.25. The van der Waals surface area contributed by atoms with E-state index in [-0.39, 0.29) is 43.4 Å². The van der Waals surface area contributed by atoms with E-state index < -0.39 is 0 Å². The van der Waals surface area contributed by atoms with Crippen LogP contribution in [-0.2, 0) is 19.5 Å². The van der Waals surface area contributed by atoms with Crippen LogP contribution >= 0.6 is 0 Å². The fraction of sp³-hybridized carbons (Fsp3) is 0. The summed E-state index contributed by atoms with van der Waals surface area (Å²) in [4.78, 5) is 0. The van der Waals surface area contributed by atoms with Gasteiger partial charge in [0.15, 0.2) is 0 Å². The number of hydrogen-bond acceptors (Lipinski definition) is 6. The SMILES string of the molecule is [O-][O-].[O-][O-].[O-][O-].[Sn+4].[Zn+2]. The topological polar surface area (TPSA) is 138 Å². The molecule has 0 aliphatic rings. The fourth-order valence-corrected chi connectivity index (χ4v) is 0. The summed E-state index contributed by atoms with van der Waals surface area (Å²) < 4.78 is 0. The van der Waals surface area contributed by atoms with Crippen LogP contribution in [0.25, 0.3) is 0 Å². The Bertz CT molecular complexity index is 8.49. The van der Waals surface area contributed by atoms with Crippen LogP contribution in [0.2, 0.25) is 0 Å². The van der Waals surface area contributed by atoms with Crippen LogP contribution in [0, 0.1) is 0 Å². The van der Waals surface area contributed by atoms with Crippen molar-refractivity contribution in [1.82, 2.24) is 0 Å². The third-order valence-electron chi connectivity index (χ3n) is 0. The first-order valence-corrected chi connectivity index (χ1v) is 0.500. The Morgan fingerprint density at radius 3 is 0.500 bits per heavy atom. The van der Waals surface area contributed by atoms with Crippen molar-refractivity contribution in [2.75, 3.05) is 0 Å². The maximum atomic E-state index is 7.00. The number of hydrogen-bond donors (Lipinski definition) is 0. The summed E-state index contributed by atoms with van der Waals surface area (Å²) in [7, 11) is 0. The first kappa shape index (κ1) is 35.1. The van der Waals surface area contributed by atoms with E-state index in [1.165, 1.54) is 0 Å². The molecular formula is O6SnZn. The Kier molecular flexibility index (Phi) is 1330. The molecule has 0 saturated carbocycles. The van der Waals surface area contributed by atoms with E-state index in [4.69, 9.17) is 31.5 Å². The summed E-state index contributed by atoms with van der Waals surface area (Å²) in [6, 6.07) is 0. The molecule has 0 aromatic carbocycles. The smallest absolute Gasteiger partial charge is 1.00 e. The van der Waals surface area contributed by atoms with Crippen molar-refractivity contribution in [2.24, 2.45) is 0 Å². The monoisotopic (exact) mass is 280 g/mol. The third-order valence-corrected chi connectivity index (χ3v) is 0. The second kappa shape index (κ2) is 302. The van der Waals surface area contributed by atoms with Gasteiger partial charge in [-0.05, 0) is 0 Å². The minimum atomic E-state index is 0. The summed E-state index contributed by atoms with van der Waals surface area (Å²) in [5.74, 6) is 0. The van der Waals surface area contributed by atoms with E-state index in [0.29, 0.717) is 0 Å². The summed E-state index contributed by atoms with van der Waals surface area (Å²) >= 11 is 0. The van der Waals surface area contributed by atoms with E-state index in [1.807, 2.05) is 0 Å². The van der Waals surface area contributed by atoms with Gasteiger partial charge in [0.25, 0.3) is 0 Å². The van der Waals surface area contributed by atoms with Gasteiger partial charge in [0, 0.05) is 0 Å². The molecule has 0 radical (unpaired) electrons. The zero-order valence-electron chi connectivity index (χ0n) is 3.66. The maximum Gasteiger partial charge on any atom is 4.00 e. The number of rotatable bonds is 0. The van der Waals surface area contributed by atoms with E-state index in [0.717, 1.165) is 0 Å². The molecule has 0 aliphatic carbocycles. The Hall–Kier alpha value is 1.18. The van der Waals surface area contributed by atoms with Crippen LogP contribution in [-0.4, -0.2) is 23.9 Å². The molecule has 0 unspecified atom stereocenters. The zero-order chi connectivity index (χ0) is 6.00. The molecule has 0 aromatic rings. The van der Waals surface area contributed by atoms with Crippen molar-refractivity contribution >= 4 is 23.9 Å². The van der Waals surface area contributed by atoms with Crippen molar-refractivity contribution < 1.29 is 51.0 Å². The molecule has 8 heavy (non-hydrogen) atoms. The van der Waals surface area contributed by atoms with E-state index in [9.17, 15) is 0 Å². The predicted molar refractivity (Wildman–Crippen MR) is 5.75 cm³/mol. The van der Waals surface area contributed by atoms with Gasteiger partial charge < -0.3 is 31.5 Å². The van der Waals surface area contributed by atoms with Gasteiger partial charge in [-0.25, -0.2) is 0 Å². The minimum absolute atomic E-state index is 0. The first-order valence-electron chi connectivity index (χ1n) is 0.500. The van der Waals surface area contributed by atoms with Crippen molar-refractivity contribution in [3.05, 3.63) is 0 Å². The minimum Gasteiger partial charge on any atom is -1.00 e. The van der Waals surface area contributed by atoms with Crippen LogP contribution in [0.15, 0.2) is 0 Å². The van der Waals surface area contributed by atoms with Gasteiger partial charge in [0.05, 0.1) is 0 Å². The van der Waals surface area contributed by atoms with E-state index in [1.54, 1.807) is 0 Å². The molecule has 42 valence electrons. The Morgan fingerprint density at radius 1 is 0.500 bits per heavy atom. The summed E-state index contributed by atoms with van der Waals surface area (Å²) in [6.07, 6.45) is 0. The third kappa shape index (κ3) is 196. The second-order valence-electron chi connectivity index (χ2n) is 0. The first-order chi connectivity index (χ1) is 3.00. The van der Waals surface area contributed by atoms with Crippen LogP contribution in [0.3, 0.4) is 0 Å².